The molecule has 0 spiro atoms. The van der Waals surface area contributed by atoms with Crippen molar-refractivity contribution in [1.29, 1.82) is 0 Å². The molecule has 0 saturated heterocycles. The number of furan rings is 1. The summed E-state index contributed by atoms with van der Waals surface area (Å²) in [5.41, 5.74) is 14.0. The van der Waals surface area contributed by atoms with E-state index in [2.05, 4.69) is 180 Å². The summed E-state index contributed by atoms with van der Waals surface area (Å²) in [7, 11) is 0. The smallest absolute Gasteiger partial charge is 0.134 e. The summed E-state index contributed by atoms with van der Waals surface area (Å²) < 4.78 is 8.52. The fourth-order valence-electron chi connectivity index (χ4n) is 7.67. The summed E-state index contributed by atoms with van der Waals surface area (Å²) in [5.74, 6) is 1.40. The minimum Gasteiger partial charge on any atom is -0.461 e. The van der Waals surface area contributed by atoms with Crippen LogP contribution in [0.25, 0.3) is 66.3 Å². The van der Waals surface area contributed by atoms with Gasteiger partial charge < -0.3 is 14.3 Å². The lowest BCUT2D eigenvalue weighted by molar-refractivity contribution is 0.541. The van der Waals surface area contributed by atoms with E-state index in [-0.39, 0.29) is 0 Å². The number of nitrogens with zero attached hydrogens (tertiary/aromatic N) is 1. The number of rotatable bonds is 8. The van der Waals surface area contributed by atoms with Gasteiger partial charge in [-0.05, 0) is 82.9 Å². The third-order valence-electron chi connectivity index (χ3n) is 10.2. The number of para-hydroxylation sites is 4. The van der Waals surface area contributed by atoms with E-state index in [0.29, 0.717) is 5.92 Å². The Balaban J connectivity index is 1.00. The number of aromatic nitrogens is 1. The van der Waals surface area contributed by atoms with E-state index < -0.39 is 0 Å². The van der Waals surface area contributed by atoms with Crippen molar-refractivity contribution >= 4 is 49.7 Å². The molecule has 0 saturated carbocycles. The maximum Gasteiger partial charge on any atom is 0.134 e. The topological polar surface area (TPSA) is 30.1 Å². The third-order valence-corrected chi connectivity index (χ3v) is 10.2. The van der Waals surface area contributed by atoms with Gasteiger partial charge >= 0.3 is 0 Å². The van der Waals surface area contributed by atoms with E-state index in [1.54, 1.807) is 0 Å². The monoisotopic (exact) mass is 654 g/mol. The zero-order valence-electron chi connectivity index (χ0n) is 28.0. The van der Waals surface area contributed by atoms with Gasteiger partial charge in [0.05, 0.1) is 11.0 Å². The molecule has 2 heterocycles. The summed E-state index contributed by atoms with van der Waals surface area (Å²) in [6.07, 6.45) is 3.23. The van der Waals surface area contributed by atoms with Gasteiger partial charge in [0.25, 0.3) is 0 Å². The van der Waals surface area contributed by atoms with Crippen molar-refractivity contribution in [2.45, 2.75) is 6.42 Å². The summed E-state index contributed by atoms with van der Waals surface area (Å²) in [5, 5.41) is 7.52. The minimum absolute atomic E-state index is 0.368. The zero-order chi connectivity index (χ0) is 33.7. The van der Waals surface area contributed by atoms with E-state index in [0.717, 1.165) is 34.5 Å². The molecule has 0 aliphatic heterocycles. The first-order chi connectivity index (χ1) is 25.3. The standard InChI is InChI=1S/C48H34N2O/c1-3-13-32(14-4-1)42-29-33(34-24-26-47-43(30-34)40-19-9-11-21-46(40)50(47)37-16-5-2-6-17-37)23-25-45(42)49-44-20-10-8-18-39(44)41-31-36(41)28-38-27-35-15-7-12-22-48(35)51-38/h1-27,29-31,36,49H,28H2/t36-/m0/s1. The van der Waals surface area contributed by atoms with Crippen molar-refractivity contribution in [2.75, 3.05) is 5.32 Å². The largest absolute Gasteiger partial charge is 0.461 e. The fraction of sp³-hybridized carbons (Fsp3) is 0.0417. The predicted molar refractivity (Wildman–Crippen MR) is 213 cm³/mol. The minimum atomic E-state index is 0.368. The normalized spacial score (nSPS) is 13.9. The van der Waals surface area contributed by atoms with Crippen molar-refractivity contribution in [2.24, 2.45) is 5.92 Å². The number of hydrogen-bond donors (Lipinski definition) is 1. The number of fused-ring (bicyclic) bond motifs is 4. The van der Waals surface area contributed by atoms with Gasteiger partial charge in [-0.2, -0.15) is 0 Å². The molecule has 0 amide bonds. The third kappa shape index (κ3) is 5.31. The number of anilines is 2. The van der Waals surface area contributed by atoms with Crippen LogP contribution in [0.15, 0.2) is 186 Å². The van der Waals surface area contributed by atoms with Crippen molar-refractivity contribution in [3.8, 4) is 27.9 Å². The van der Waals surface area contributed by atoms with Gasteiger partial charge in [-0.3, -0.25) is 0 Å². The van der Waals surface area contributed by atoms with Crippen LogP contribution in [0.3, 0.4) is 0 Å². The molecular formula is C48H34N2O. The molecule has 10 rings (SSSR count). The molecule has 51 heavy (non-hydrogen) atoms. The Hall–Kier alpha value is -6.58. The SMILES string of the molecule is C1=C(c2ccccc2Nc2ccc(-c3ccc4c(c3)c3ccccc3n4-c3ccccc3)cc2-c2ccccc2)[C@H]1Cc1cc2ccccc2o1. The van der Waals surface area contributed by atoms with Crippen LogP contribution in [0.5, 0.6) is 0 Å². The van der Waals surface area contributed by atoms with Gasteiger partial charge in [-0.25, -0.2) is 0 Å². The predicted octanol–water partition coefficient (Wildman–Crippen LogP) is 12.9. The van der Waals surface area contributed by atoms with Crippen LogP contribution in [-0.4, -0.2) is 4.57 Å². The highest BCUT2D eigenvalue weighted by atomic mass is 16.3. The van der Waals surface area contributed by atoms with Crippen LogP contribution < -0.4 is 5.32 Å². The Morgan fingerprint density at radius 3 is 2.08 bits per heavy atom. The first kappa shape index (κ1) is 29.3. The molecule has 3 heteroatoms. The lowest BCUT2D eigenvalue weighted by atomic mass is 9.96. The van der Waals surface area contributed by atoms with Crippen LogP contribution in [0.2, 0.25) is 0 Å². The molecule has 0 fully saturated rings. The number of benzene rings is 7. The van der Waals surface area contributed by atoms with Crippen molar-refractivity contribution < 1.29 is 4.42 Å². The molecule has 1 atom stereocenters. The molecule has 1 N–H and O–H groups in total. The summed E-state index contributed by atoms with van der Waals surface area (Å²) in [6.45, 7) is 0. The molecule has 7 aromatic carbocycles. The molecule has 3 nitrogen and oxygen atoms in total. The fourth-order valence-corrected chi connectivity index (χ4v) is 7.67. The lowest BCUT2D eigenvalue weighted by Gasteiger charge is -2.17. The molecule has 1 aliphatic rings. The first-order valence-corrected chi connectivity index (χ1v) is 17.6. The molecule has 1 aliphatic carbocycles. The Morgan fingerprint density at radius 2 is 1.20 bits per heavy atom. The maximum absolute atomic E-state index is 6.16. The molecule has 0 unspecified atom stereocenters. The number of nitrogens with one attached hydrogen (secondary N) is 1. The molecule has 242 valence electrons. The highest BCUT2D eigenvalue weighted by Crippen LogP contribution is 2.45. The summed E-state index contributed by atoms with van der Waals surface area (Å²) in [4.78, 5) is 0. The van der Waals surface area contributed by atoms with E-state index >= 15 is 0 Å². The second-order valence-electron chi connectivity index (χ2n) is 13.4. The van der Waals surface area contributed by atoms with E-state index in [9.17, 15) is 0 Å². The van der Waals surface area contributed by atoms with Gasteiger partial charge in [-0.1, -0.05) is 121 Å². The molecular weight excluding hydrogens is 621 g/mol. The second-order valence-corrected chi connectivity index (χ2v) is 13.4. The molecule has 0 bridgehead atoms. The number of hydrogen-bond acceptors (Lipinski definition) is 2. The van der Waals surface area contributed by atoms with Crippen LogP contribution in [0, 0.1) is 5.92 Å². The quantitative estimate of drug-likeness (QED) is 0.177. The second kappa shape index (κ2) is 12.1. The van der Waals surface area contributed by atoms with Gasteiger partial charge in [0.15, 0.2) is 0 Å². The van der Waals surface area contributed by atoms with Crippen LogP contribution in [0.4, 0.5) is 11.4 Å². The van der Waals surface area contributed by atoms with E-state index in [1.165, 1.54) is 60.9 Å². The van der Waals surface area contributed by atoms with Crippen molar-refractivity contribution in [1.82, 2.24) is 4.57 Å². The average Bonchev–Trinajstić information content (AvgIpc) is 3.69. The van der Waals surface area contributed by atoms with Crippen molar-refractivity contribution in [3.05, 3.63) is 193 Å². The Kier molecular flexibility index (Phi) is 6.95. The molecule has 9 aromatic rings. The molecule has 2 aromatic heterocycles. The van der Waals surface area contributed by atoms with Crippen molar-refractivity contribution in [3.63, 3.8) is 0 Å². The Bertz CT molecular complexity index is 2720. The van der Waals surface area contributed by atoms with Crippen LogP contribution in [-0.2, 0) is 6.42 Å². The van der Waals surface area contributed by atoms with Crippen LogP contribution >= 0.6 is 0 Å². The Morgan fingerprint density at radius 1 is 0.510 bits per heavy atom. The first-order valence-electron chi connectivity index (χ1n) is 17.6. The maximum atomic E-state index is 6.16. The van der Waals surface area contributed by atoms with Gasteiger partial charge in [-0.15, -0.1) is 0 Å². The van der Waals surface area contributed by atoms with Crippen LogP contribution in [0.1, 0.15) is 11.3 Å². The highest BCUT2D eigenvalue weighted by Gasteiger charge is 2.29. The summed E-state index contributed by atoms with van der Waals surface area (Å²) in [6, 6.07) is 62.8. The van der Waals surface area contributed by atoms with Gasteiger partial charge in [0, 0.05) is 56.7 Å². The zero-order valence-corrected chi connectivity index (χ0v) is 28.0. The van der Waals surface area contributed by atoms with E-state index in [4.69, 9.17) is 4.42 Å². The average molecular weight is 655 g/mol. The summed E-state index contributed by atoms with van der Waals surface area (Å²) >= 11 is 0. The highest BCUT2D eigenvalue weighted by molar-refractivity contribution is 6.10. The number of allylic oxidation sites excluding steroid dienone is 2. The lowest BCUT2D eigenvalue weighted by Crippen LogP contribution is -1.98. The van der Waals surface area contributed by atoms with E-state index in [1.807, 2.05) is 12.1 Å². The Labute approximate surface area is 296 Å². The van der Waals surface area contributed by atoms with Gasteiger partial charge in [0.2, 0.25) is 0 Å². The van der Waals surface area contributed by atoms with Gasteiger partial charge in [0.1, 0.15) is 11.3 Å². The molecule has 0 radical (unpaired) electrons.